The number of nitrogens with zero attached hydrogens (tertiary/aromatic N) is 2. The molecule has 0 fully saturated rings. The highest BCUT2D eigenvalue weighted by Gasteiger charge is 2.19. The molecule has 240 valence electrons. The molecule has 40 heavy (non-hydrogen) atoms. The fourth-order valence-electron chi connectivity index (χ4n) is 5.77. The van der Waals surface area contributed by atoms with Crippen LogP contribution in [0.15, 0.2) is 4.99 Å². The molecule has 0 aromatic carbocycles. The van der Waals surface area contributed by atoms with Crippen LogP contribution < -0.4 is 11.2 Å². The van der Waals surface area contributed by atoms with Crippen molar-refractivity contribution in [2.24, 2.45) is 10.7 Å². The molecular weight excluding hydrogens is 488 g/mol. The Morgan fingerprint density at radius 3 is 1.10 bits per heavy atom. The Morgan fingerprint density at radius 2 is 0.775 bits per heavy atom. The highest BCUT2D eigenvalue weighted by atomic mass is 15.7. The Balaban J connectivity index is 3.61. The van der Waals surface area contributed by atoms with Gasteiger partial charge in [-0.1, -0.05) is 174 Å². The summed E-state index contributed by atoms with van der Waals surface area (Å²) >= 11 is 0. The van der Waals surface area contributed by atoms with Gasteiger partial charge in [0.2, 0.25) is 5.96 Å². The number of rotatable bonds is 32. The van der Waals surface area contributed by atoms with Crippen LogP contribution in [0, 0.1) is 0 Å². The van der Waals surface area contributed by atoms with Gasteiger partial charge < -0.3 is 5.73 Å². The molecule has 0 heterocycles. The molecule has 0 saturated heterocycles. The summed E-state index contributed by atoms with van der Waals surface area (Å²) in [5.74, 6) is 0.629. The molecule has 4 heteroatoms. The number of quaternary nitrogens is 1. The fraction of sp³-hybridized carbons (Fsp3) is 0.972. The fourth-order valence-corrected chi connectivity index (χ4v) is 5.77. The van der Waals surface area contributed by atoms with E-state index in [1.54, 1.807) is 0 Å². The Morgan fingerprint density at radius 1 is 0.475 bits per heavy atom. The van der Waals surface area contributed by atoms with Crippen LogP contribution in [0.25, 0.3) is 0 Å². The van der Waals surface area contributed by atoms with E-state index in [2.05, 4.69) is 38.2 Å². The van der Waals surface area contributed by atoms with Crippen molar-refractivity contribution in [2.75, 3.05) is 26.7 Å². The van der Waals surface area contributed by atoms with E-state index in [1.165, 1.54) is 173 Å². The number of hydrogen-bond acceptors (Lipinski definition) is 1. The molecule has 0 bridgehead atoms. The van der Waals surface area contributed by atoms with Crippen molar-refractivity contribution < 1.29 is 4.59 Å². The molecular formula is C36H77N4+. The average molecular weight is 566 g/mol. The van der Waals surface area contributed by atoms with E-state index in [0.29, 0.717) is 5.96 Å². The second kappa shape index (κ2) is 31.2. The van der Waals surface area contributed by atoms with Gasteiger partial charge in [0, 0.05) is 6.54 Å². The second-order valence-corrected chi connectivity index (χ2v) is 13.0. The van der Waals surface area contributed by atoms with Gasteiger partial charge in [-0.15, -0.1) is 0 Å². The second-order valence-electron chi connectivity index (χ2n) is 13.0. The lowest BCUT2D eigenvalue weighted by Crippen LogP contribution is -2.59. The van der Waals surface area contributed by atoms with Gasteiger partial charge in [0.25, 0.3) is 0 Å². The molecule has 0 spiro atoms. The molecule has 0 aromatic rings. The minimum Gasteiger partial charge on any atom is -0.366 e. The first-order chi connectivity index (χ1) is 19.6. The molecule has 0 aromatic heterocycles. The van der Waals surface area contributed by atoms with E-state index in [1.807, 2.05) is 0 Å². The standard InChI is InChI=1S/C36H77N4/c1-5-8-10-12-14-16-18-20-22-24-26-28-30-32-34-38-36(37)39-40(4,7-3)35-33-31-29-27-25-23-21-19-17-15-13-11-9-6-2/h5-35H2,1-4H3,(H3,37,38,39)/q+1. The Labute approximate surface area is 253 Å². The summed E-state index contributed by atoms with van der Waals surface area (Å²) in [6, 6.07) is 0. The van der Waals surface area contributed by atoms with Crippen LogP contribution in [0.1, 0.15) is 201 Å². The first kappa shape index (κ1) is 39.2. The number of unbranched alkanes of at least 4 members (excludes halogenated alkanes) is 26. The van der Waals surface area contributed by atoms with Crippen molar-refractivity contribution in [3.8, 4) is 0 Å². The molecule has 0 rings (SSSR count). The zero-order valence-corrected chi connectivity index (χ0v) is 28.4. The summed E-state index contributed by atoms with van der Waals surface area (Å²) in [5, 5.41) is 0. The highest BCUT2D eigenvalue weighted by molar-refractivity contribution is 5.76. The number of hydrogen-bond donors (Lipinski definition) is 2. The van der Waals surface area contributed by atoms with Gasteiger partial charge in [0.1, 0.15) is 6.54 Å². The minimum atomic E-state index is 0.629. The maximum atomic E-state index is 6.26. The van der Waals surface area contributed by atoms with Crippen molar-refractivity contribution in [2.45, 2.75) is 201 Å². The number of guanidine groups is 1. The zero-order chi connectivity index (χ0) is 29.4. The third-order valence-corrected chi connectivity index (χ3v) is 8.88. The van der Waals surface area contributed by atoms with Crippen molar-refractivity contribution in [3.05, 3.63) is 0 Å². The molecule has 0 saturated carbocycles. The van der Waals surface area contributed by atoms with Crippen LogP contribution in [-0.4, -0.2) is 37.2 Å². The van der Waals surface area contributed by atoms with Crippen LogP contribution in [0.4, 0.5) is 0 Å². The van der Waals surface area contributed by atoms with Gasteiger partial charge in [-0.05, 0) is 26.2 Å². The lowest BCUT2D eigenvalue weighted by molar-refractivity contribution is -0.941. The van der Waals surface area contributed by atoms with E-state index in [-0.39, 0.29) is 0 Å². The molecule has 0 radical (unpaired) electrons. The summed E-state index contributed by atoms with van der Waals surface area (Å²) < 4.78 is 0.798. The van der Waals surface area contributed by atoms with E-state index >= 15 is 0 Å². The summed E-state index contributed by atoms with van der Waals surface area (Å²) in [7, 11) is 2.26. The lowest BCUT2D eigenvalue weighted by Gasteiger charge is -2.33. The van der Waals surface area contributed by atoms with Gasteiger partial charge >= 0.3 is 0 Å². The van der Waals surface area contributed by atoms with Gasteiger partial charge in [-0.25, -0.2) is 15.0 Å². The third-order valence-electron chi connectivity index (χ3n) is 8.88. The monoisotopic (exact) mass is 566 g/mol. The smallest absolute Gasteiger partial charge is 0.235 e. The van der Waals surface area contributed by atoms with Crippen LogP contribution in [-0.2, 0) is 0 Å². The van der Waals surface area contributed by atoms with Crippen molar-refractivity contribution >= 4 is 5.96 Å². The van der Waals surface area contributed by atoms with E-state index in [4.69, 9.17) is 5.73 Å². The lowest BCUT2D eigenvalue weighted by atomic mass is 10.0. The molecule has 0 aliphatic rings. The van der Waals surface area contributed by atoms with Crippen molar-refractivity contribution in [1.82, 2.24) is 5.43 Å². The first-order valence-corrected chi connectivity index (χ1v) is 18.5. The Hall–Kier alpha value is -0.770. The molecule has 1 atom stereocenters. The predicted molar refractivity (Wildman–Crippen MR) is 182 cm³/mol. The van der Waals surface area contributed by atoms with Gasteiger partial charge in [-0.2, -0.15) is 0 Å². The van der Waals surface area contributed by atoms with Crippen LogP contribution in [0.5, 0.6) is 0 Å². The third kappa shape index (κ3) is 28.7. The Kier molecular flexibility index (Phi) is 30.6. The maximum Gasteiger partial charge on any atom is 0.235 e. The van der Waals surface area contributed by atoms with Crippen molar-refractivity contribution in [1.29, 1.82) is 0 Å². The average Bonchev–Trinajstić information content (AvgIpc) is 2.95. The molecule has 3 N–H and O–H groups in total. The van der Waals surface area contributed by atoms with Crippen LogP contribution in [0.2, 0.25) is 0 Å². The topological polar surface area (TPSA) is 50.4 Å². The summed E-state index contributed by atoms with van der Waals surface area (Å²) in [5.41, 5.74) is 9.77. The van der Waals surface area contributed by atoms with E-state index in [9.17, 15) is 0 Å². The minimum absolute atomic E-state index is 0.629. The van der Waals surface area contributed by atoms with Crippen LogP contribution >= 0.6 is 0 Å². The summed E-state index contributed by atoms with van der Waals surface area (Å²) in [4.78, 5) is 4.64. The van der Waals surface area contributed by atoms with Gasteiger partial charge in [0.15, 0.2) is 0 Å². The van der Waals surface area contributed by atoms with Gasteiger partial charge in [-0.3, -0.25) is 0 Å². The number of nitrogens with two attached hydrogens (primary N) is 1. The Bertz CT molecular complexity index is 521. The van der Waals surface area contributed by atoms with Crippen molar-refractivity contribution in [3.63, 3.8) is 0 Å². The van der Waals surface area contributed by atoms with E-state index < -0.39 is 0 Å². The molecule has 4 nitrogen and oxygen atoms in total. The quantitative estimate of drug-likeness (QED) is 0.0280. The maximum absolute atomic E-state index is 6.26. The van der Waals surface area contributed by atoms with Crippen LogP contribution in [0.3, 0.4) is 0 Å². The normalized spacial score (nSPS) is 13.6. The largest absolute Gasteiger partial charge is 0.366 e. The SMILES string of the molecule is CCCCCCCCCCCCCCCCN=C(N)N[N+](C)(CC)CCCCCCCCCCCCCCCC. The van der Waals surface area contributed by atoms with Gasteiger partial charge in [0.05, 0.1) is 13.6 Å². The summed E-state index contributed by atoms with van der Waals surface area (Å²) in [6.07, 6.45) is 39.2. The first-order valence-electron chi connectivity index (χ1n) is 18.5. The molecule has 0 aliphatic carbocycles. The highest BCUT2D eigenvalue weighted by Crippen LogP contribution is 2.14. The molecule has 0 aliphatic heterocycles. The van der Waals surface area contributed by atoms with E-state index in [0.717, 1.165) is 30.6 Å². The number of nitrogens with one attached hydrogen (secondary N) is 1. The predicted octanol–water partition coefficient (Wildman–Crippen LogP) is 11.2. The summed E-state index contributed by atoms with van der Waals surface area (Å²) in [6.45, 7) is 9.87. The molecule has 1 unspecified atom stereocenters. The zero-order valence-electron chi connectivity index (χ0n) is 28.4. The molecule has 0 amide bonds. The number of aliphatic imine (C=N–C) groups is 1.